The van der Waals surface area contributed by atoms with Gasteiger partial charge in [0.1, 0.15) is 5.76 Å². The highest BCUT2D eigenvalue weighted by molar-refractivity contribution is 5.74. The highest BCUT2D eigenvalue weighted by atomic mass is 16.5. The zero-order chi connectivity index (χ0) is 14.4. The largest absolute Gasteiger partial charge is 0.396 e. The number of rotatable bonds is 6. The van der Waals surface area contributed by atoms with Gasteiger partial charge in [0.25, 0.3) is 0 Å². The monoisotopic (exact) mass is 269 g/mol. The van der Waals surface area contributed by atoms with Gasteiger partial charge in [0.05, 0.1) is 5.69 Å². The van der Waals surface area contributed by atoms with Crippen LogP contribution < -0.4 is 10.6 Å². The summed E-state index contributed by atoms with van der Waals surface area (Å²) in [5.74, 6) is 0.936. The molecule has 0 saturated carbocycles. The molecule has 2 atom stereocenters. The van der Waals surface area contributed by atoms with Crippen LogP contribution in [-0.2, 0) is 0 Å². The van der Waals surface area contributed by atoms with Crippen molar-refractivity contribution >= 4 is 6.03 Å². The summed E-state index contributed by atoms with van der Waals surface area (Å²) >= 11 is 0. The number of nitrogens with zero attached hydrogens (tertiary/aromatic N) is 1. The zero-order valence-electron chi connectivity index (χ0n) is 12.0. The molecule has 1 rings (SSSR count). The molecule has 3 N–H and O–H groups in total. The second-order valence-electron chi connectivity index (χ2n) is 4.91. The van der Waals surface area contributed by atoms with Gasteiger partial charge in [-0.1, -0.05) is 12.1 Å². The van der Waals surface area contributed by atoms with Crippen molar-refractivity contribution in [3.05, 3.63) is 17.0 Å². The fraction of sp³-hybridized carbons (Fsp3) is 0.692. The van der Waals surface area contributed by atoms with Gasteiger partial charge in [0.2, 0.25) is 0 Å². The number of carbonyl (C=O) groups is 1. The molecule has 0 fully saturated rings. The molecule has 1 unspecified atom stereocenters. The number of carbonyl (C=O) groups excluding carboxylic acids is 1. The second kappa shape index (κ2) is 7.13. The molecule has 0 aliphatic rings. The molecule has 1 heterocycles. The van der Waals surface area contributed by atoms with Crippen LogP contribution in [0.5, 0.6) is 0 Å². The van der Waals surface area contributed by atoms with Crippen molar-refractivity contribution in [1.29, 1.82) is 0 Å². The van der Waals surface area contributed by atoms with Crippen molar-refractivity contribution in [3.8, 4) is 0 Å². The Balaban J connectivity index is 2.42. The van der Waals surface area contributed by atoms with E-state index in [1.54, 1.807) is 0 Å². The summed E-state index contributed by atoms with van der Waals surface area (Å²) in [6, 6.07) is -0.265. The number of aliphatic hydroxyl groups excluding tert-OH is 1. The van der Waals surface area contributed by atoms with Gasteiger partial charge in [0, 0.05) is 30.7 Å². The Labute approximate surface area is 113 Å². The van der Waals surface area contributed by atoms with E-state index in [9.17, 15) is 4.79 Å². The van der Waals surface area contributed by atoms with Gasteiger partial charge < -0.3 is 20.3 Å². The van der Waals surface area contributed by atoms with Crippen LogP contribution in [0.25, 0.3) is 0 Å². The van der Waals surface area contributed by atoms with E-state index < -0.39 is 0 Å². The Bertz CT molecular complexity index is 398. The zero-order valence-corrected chi connectivity index (χ0v) is 12.0. The van der Waals surface area contributed by atoms with Crippen molar-refractivity contribution in [2.45, 2.75) is 46.1 Å². The molecule has 19 heavy (non-hydrogen) atoms. The third-order valence-electron chi connectivity index (χ3n) is 3.09. The smallest absolute Gasteiger partial charge is 0.315 e. The van der Waals surface area contributed by atoms with Gasteiger partial charge in [-0.25, -0.2) is 4.79 Å². The predicted octanol–water partition coefficient (Wildman–Crippen LogP) is 1.47. The molecule has 0 bridgehead atoms. The molecular formula is C13H23N3O3. The van der Waals surface area contributed by atoms with Gasteiger partial charge in [-0.15, -0.1) is 0 Å². The third-order valence-corrected chi connectivity index (χ3v) is 3.09. The Hall–Kier alpha value is -1.56. The van der Waals surface area contributed by atoms with E-state index >= 15 is 0 Å². The van der Waals surface area contributed by atoms with Crippen LogP contribution in [0.4, 0.5) is 4.79 Å². The van der Waals surface area contributed by atoms with Gasteiger partial charge in [-0.05, 0) is 27.2 Å². The first-order chi connectivity index (χ1) is 8.95. The van der Waals surface area contributed by atoms with Crippen molar-refractivity contribution in [1.82, 2.24) is 15.8 Å². The molecule has 0 aliphatic carbocycles. The van der Waals surface area contributed by atoms with E-state index in [1.165, 1.54) is 0 Å². The van der Waals surface area contributed by atoms with Crippen LogP contribution in [0.3, 0.4) is 0 Å². The van der Waals surface area contributed by atoms with Crippen LogP contribution in [-0.4, -0.2) is 35.5 Å². The van der Waals surface area contributed by atoms with Crippen LogP contribution in [0, 0.1) is 13.8 Å². The van der Waals surface area contributed by atoms with Gasteiger partial charge in [-0.2, -0.15) is 0 Å². The molecule has 6 heteroatoms. The number of urea groups is 1. The average Bonchev–Trinajstić information content (AvgIpc) is 2.66. The fourth-order valence-electron chi connectivity index (χ4n) is 2.08. The molecule has 6 nitrogen and oxygen atoms in total. The average molecular weight is 269 g/mol. The topological polar surface area (TPSA) is 87.4 Å². The van der Waals surface area contributed by atoms with E-state index in [1.807, 2.05) is 27.7 Å². The number of amides is 2. The standard InChI is InChI=1S/C13H23N3O3/c1-8(12-10(3)16-19-11(12)4)7-14-13(18)15-9(2)5-6-17/h8-9,17H,5-7H2,1-4H3,(H2,14,15,18)/t8?,9-/m1/s1. The lowest BCUT2D eigenvalue weighted by Gasteiger charge is -2.16. The SMILES string of the molecule is Cc1noc(C)c1C(C)CNC(=O)N[C@H](C)CCO. The summed E-state index contributed by atoms with van der Waals surface area (Å²) in [7, 11) is 0. The fourth-order valence-corrected chi connectivity index (χ4v) is 2.08. The minimum Gasteiger partial charge on any atom is -0.396 e. The van der Waals surface area contributed by atoms with Crippen LogP contribution >= 0.6 is 0 Å². The van der Waals surface area contributed by atoms with Crippen LogP contribution in [0.2, 0.25) is 0 Å². The van der Waals surface area contributed by atoms with E-state index in [0.29, 0.717) is 13.0 Å². The Kier molecular flexibility index (Phi) is 5.82. The number of hydrogen-bond acceptors (Lipinski definition) is 4. The van der Waals surface area contributed by atoms with Crippen LogP contribution in [0.15, 0.2) is 4.52 Å². The Morgan fingerprint density at radius 3 is 2.63 bits per heavy atom. The van der Waals surface area contributed by atoms with E-state index in [2.05, 4.69) is 15.8 Å². The maximum atomic E-state index is 11.6. The Morgan fingerprint density at radius 1 is 1.42 bits per heavy atom. The minimum absolute atomic E-state index is 0.0422. The van der Waals surface area contributed by atoms with Crippen LogP contribution in [0.1, 0.15) is 43.2 Å². The summed E-state index contributed by atoms with van der Waals surface area (Å²) in [6.07, 6.45) is 0.548. The predicted molar refractivity (Wildman–Crippen MR) is 72.1 cm³/mol. The summed E-state index contributed by atoms with van der Waals surface area (Å²) in [6.45, 7) is 8.22. The first-order valence-corrected chi connectivity index (χ1v) is 6.53. The van der Waals surface area contributed by atoms with Crippen molar-refractivity contribution < 1.29 is 14.4 Å². The van der Waals surface area contributed by atoms with E-state index in [4.69, 9.17) is 9.63 Å². The molecule has 1 aromatic heterocycles. The number of nitrogens with one attached hydrogen (secondary N) is 2. The minimum atomic E-state index is -0.223. The molecule has 0 aliphatic heterocycles. The van der Waals surface area contributed by atoms with E-state index in [-0.39, 0.29) is 24.6 Å². The summed E-state index contributed by atoms with van der Waals surface area (Å²) in [4.78, 5) is 11.6. The number of aryl methyl sites for hydroxylation is 2. The first kappa shape index (κ1) is 15.5. The normalized spacial score (nSPS) is 13.9. The van der Waals surface area contributed by atoms with E-state index in [0.717, 1.165) is 17.0 Å². The molecular weight excluding hydrogens is 246 g/mol. The highest BCUT2D eigenvalue weighted by Gasteiger charge is 2.17. The third kappa shape index (κ3) is 4.55. The summed E-state index contributed by atoms with van der Waals surface area (Å²) < 4.78 is 5.11. The number of aromatic nitrogens is 1. The quantitative estimate of drug-likeness (QED) is 0.729. The molecule has 0 saturated heterocycles. The molecule has 1 aromatic rings. The summed E-state index contributed by atoms with van der Waals surface area (Å²) in [5, 5.41) is 18.2. The molecule has 2 amide bonds. The van der Waals surface area contributed by atoms with Gasteiger partial charge in [-0.3, -0.25) is 0 Å². The lowest BCUT2D eigenvalue weighted by Crippen LogP contribution is -2.42. The number of aliphatic hydroxyl groups is 1. The Morgan fingerprint density at radius 2 is 2.11 bits per heavy atom. The lowest BCUT2D eigenvalue weighted by molar-refractivity contribution is 0.230. The highest BCUT2D eigenvalue weighted by Crippen LogP contribution is 2.22. The second-order valence-corrected chi connectivity index (χ2v) is 4.91. The van der Waals surface area contributed by atoms with Crippen molar-refractivity contribution in [3.63, 3.8) is 0 Å². The summed E-state index contributed by atoms with van der Waals surface area (Å²) in [5.41, 5.74) is 1.91. The number of hydrogen-bond donors (Lipinski definition) is 3. The van der Waals surface area contributed by atoms with Crippen molar-refractivity contribution in [2.24, 2.45) is 0 Å². The maximum absolute atomic E-state index is 11.6. The first-order valence-electron chi connectivity index (χ1n) is 6.53. The molecule has 0 aromatic carbocycles. The maximum Gasteiger partial charge on any atom is 0.315 e. The molecule has 0 spiro atoms. The van der Waals surface area contributed by atoms with Gasteiger partial charge in [0.15, 0.2) is 0 Å². The molecule has 0 radical (unpaired) electrons. The van der Waals surface area contributed by atoms with Gasteiger partial charge >= 0.3 is 6.03 Å². The van der Waals surface area contributed by atoms with Crippen molar-refractivity contribution in [2.75, 3.05) is 13.2 Å². The molecule has 108 valence electrons. The lowest BCUT2D eigenvalue weighted by atomic mass is 10.00.